The van der Waals surface area contributed by atoms with Gasteiger partial charge in [-0.3, -0.25) is 9.59 Å². The second kappa shape index (κ2) is 7.82. The van der Waals surface area contributed by atoms with Crippen LogP contribution in [0.5, 0.6) is 0 Å². The van der Waals surface area contributed by atoms with Crippen LogP contribution < -0.4 is 5.32 Å². The van der Waals surface area contributed by atoms with Crippen molar-refractivity contribution in [3.8, 4) is 0 Å². The summed E-state index contributed by atoms with van der Waals surface area (Å²) in [5.41, 5.74) is 1.60. The maximum atomic E-state index is 12.2. The first-order chi connectivity index (χ1) is 12.5. The predicted octanol–water partition coefficient (Wildman–Crippen LogP) is 1.88. The molecule has 136 valence electrons. The molecule has 1 aliphatic heterocycles. The minimum atomic E-state index is -0.881. The third kappa shape index (κ3) is 4.01. The van der Waals surface area contributed by atoms with Gasteiger partial charge in [0.15, 0.2) is 0 Å². The second-order valence-corrected chi connectivity index (χ2v) is 6.36. The average Bonchev–Trinajstić information content (AvgIpc) is 2.64. The third-order valence-corrected chi connectivity index (χ3v) is 4.48. The fourth-order valence-electron chi connectivity index (χ4n) is 2.70. The molecular weight excluding hydrogens is 358 g/mol. The fraction of sp³-hybridized carbons (Fsp3) is 0.278. The van der Waals surface area contributed by atoms with Gasteiger partial charge < -0.3 is 20.1 Å². The molecule has 3 rings (SSSR count). The molecule has 0 aliphatic carbocycles. The van der Waals surface area contributed by atoms with E-state index in [1.54, 1.807) is 37.4 Å². The number of ether oxygens (including phenoxy) is 1. The largest absolute Gasteiger partial charge is 0.386 e. The highest BCUT2D eigenvalue weighted by Crippen LogP contribution is 2.24. The first kappa shape index (κ1) is 18.3. The second-order valence-electron chi connectivity index (χ2n) is 5.98. The Hall–Kier alpha value is -2.48. The molecule has 1 aliphatic rings. The SMILES string of the molecule is CN1C(=O)COCC1C(O)c1ccc(NC(=O)c2ccnc(Cl)c2)cc1. The maximum absolute atomic E-state index is 12.2. The summed E-state index contributed by atoms with van der Waals surface area (Å²) in [6, 6.07) is 9.37. The molecule has 1 fully saturated rings. The van der Waals surface area contributed by atoms with Gasteiger partial charge in [0.2, 0.25) is 5.91 Å². The molecule has 7 nitrogen and oxygen atoms in total. The van der Waals surface area contributed by atoms with Crippen molar-refractivity contribution in [1.82, 2.24) is 9.88 Å². The topological polar surface area (TPSA) is 91.8 Å². The average molecular weight is 376 g/mol. The molecular formula is C18H18ClN3O4. The number of morpholine rings is 1. The Balaban J connectivity index is 1.68. The number of pyridine rings is 1. The number of hydrogen-bond acceptors (Lipinski definition) is 5. The molecule has 1 aromatic heterocycles. The number of carbonyl (C=O) groups is 2. The zero-order chi connectivity index (χ0) is 18.7. The Morgan fingerprint density at radius 3 is 2.81 bits per heavy atom. The van der Waals surface area contributed by atoms with Gasteiger partial charge in [0, 0.05) is 24.5 Å². The predicted molar refractivity (Wildman–Crippen MR) is 96.0 cm³/mol. The lowest BCUT2D eigenvalue weighted by Gasteiger charge is -2.35. The van der Waals surface area contributed by atoms with E-state index in [0.29, 0.717) is 16.8 Å². The number of carbonyl (C=O) groups excluding carboxylic acids is 2. The number of aromatic nitrogens is 1. The number of aliphatic hydroxyl groups is 1. The molecule has 0 spiro atoms. The van der Waals surface area contributed by atoms with Crippen LogP contribution in [-0.4, -0.2) is 53.1 Å². The smallest absolute Gasteiger partial charge is 0.255 e. The van der Waals surface area contributed by atoms with Crippen LogP contribution in [0.15, 0.2) is 42.6 Å². The number of rotatable bonds is 4. The Morgan fingerprint density at radius 1 is 1.38 bits per heavy atom. The standard InChI is InChI=1S/C18H18ClN3O4/c1-22-14(9-26-10-16(22)23)17(24)11-2-4-13(5-3-11)21-18(25)12-6-7-20-15(19)8-12/h2-8,14,17,24H,9-10H2,1H3,(H,21,25). The number of anilines is 1. The number of nitrogens with zero attached hydrogens (tertiary/aromatic N) is 2. The van der Waals surface area contributed by atoms with E-state index in [0.717, 1.165) is 0 Å². The van der Waals surface area contributed by atoms with E-state index in [9.17, 15) is 14.7 Å². The van der Waals surface area contributed by atoms with Crippen molar-refractivity contribution in [2.24, 2.45) is 0 Å². The number of aliphatic hydroxyl groups excluding tert-OH is 1. The van der Waals surface area contributed by atoms with Gasteiger partial charge in [-0.15, -0.1) is 0 Å². The van der Waals surface area contributed by atoms with Gasteiger partial charge in [-0.1, -0.05) is 23.7 Å². The molecule has 2 amide bonds. The van der Waals surface area contributed by atoms with Gasteiger partial charge in [-0.2, -0.15) is 0 Å². The monoisotopic (exact) mass is 375 g/mol. The quantitative estimate of drug-likeness (QED) is 0.796. The number of halogens is 1. The molecule has 0 bridgehead atoms. The Kier molecular flexibility index (Phi) is 5.51. The van der Waals surface area contributed by atoms with E-state index >= 15 is 0 Å². The fourth-order valence-corrected chi connectivity index (χ4v) is 2.88. The van der Waals surface area contributed by atoms with Crippen LogP contribution in [0.25, 0.3) is 0 Å². The van der Waals surface area contributed by atoms with Crippen molar-refractivity contribution in [3.63, 3.8) is 0 Å². The van der Waals surface area contributed by atoms with Gasteiger partial charge in [-0.25, -0.2) is 4.98 Å². The minimum absolute atomic E-state index is 0.0315. The van der Waals surface area contributed by atoms with Gasteiger partial charge in [0.05, 0.1) is 12.6 Å². The lowest BCUT2D eigenvalue weighted by atomic mass is 10.0. The van der Waals surface area contributed by atoms with Crippen LogP contribution >= 0.6 is 11.6 Å². The van der Waals surface area contributed by atoms with Gasteiger partial charge >= 0.3 is 0 Å². The molecule has 0 saturated carbocycles. The Bertz CT molecular complexity index is 812. The van der Waals surface area contributed by atoms with Crippen molar-refractivity contribution >= 4 is 29.1 Å². The molecule has 0 radical (unpaired) electrons. The van der Waals surface area contributed by atoms with Gasteiger partial charge in [-0.05, 0) is 29.8 Å². The summed E-state index contributed by atoms with van der Waals surface area (Å²) < 4.78 is 5.22. The van der Waals surface area contributed by atoms with Crippen molar-refractivity contribution in [2.75, 3.05) is 25.6 Å². The molecule has 2 atom stereocenters. The molecule has 1 saturated heterocycles. The summed E-state index contributed by atoms with van der Waals surface area (Å²) >= 11 is 5.79. The number of hydrogen-bond donors (Lipinski definition) is 2. The van der Waals surface area contributed by atoms with Gasteiger partial charge in [0.1, 0.15) is 17.9 Å². The van der Waals surface area contributed by atoms with Crippen molar-refractivity contribution < 1.29 is 19.4 Å². The molecule has 26 heavy (non-hydrogen) atoms. The minimum Gasteiger partial charge on any atom is -0.386 e. The summed E-state index contributed by atoms with van der Waals surface area (Å²) in [6.07, 6.45) is 0.578. The van der Waals surface area contributed by atoms with Crippen LogP contribution in [-0.2, 0) is 9.53 Å². The summed E-state index contributed by atoms with van der Waals surface area (Å²) in [7, 11) is 1.65. The van der Waals surface area contributed by atoms with Crippen LogP contribution in [0, 0.1) is 0 Å². The van der Waals surface area contributed by atoms with E-state index in [4.69, 9.17) is 16.3 Å². The van der Waals surface area contributed by atoms with E-state index in [2.05, 4.69) is 10.3 Å². The highest BCUT2D eigenvalue weighted by Gasteiger charge is 2.32. The molecule has 2 N–H and O–H groups in total. The summed E-state index contributed by atoms with van der Waals surface area (Å²) in [5, 5.41) is 13.5. The zero-order valence-corrected chi connectivity index (χ0v) is 14.8. The highest BCUT2D eigenvalue weighted by atomic mass is 35.5. The van der Waals surface area contributed by atoms with Crippen LogP contribution in [0.3, 0.4) is 0 Å². The van der Waals surface area contributed by atoms with E-state index in [1.165, 1.54) is 17.2 Å². The number of benzene rings is 1. The summed E-state index contributed by atoms with van der Waals surface area (Å²) in [5.74, 6) is -0.478. The number of amides is 2. The molecule has 2 aromatic rings. The Morgan fingerprint density at radius 2 is 2.12 bits per heavy atom. The van der Waals surface area contributed by atoms with E-state index in [1.807, 2.05) is 0 Å². The Labute approximate surface area is 155 Å². The first-order valence-corrected chi connectivity index (χ1v) is 8.38. The molecule has 2 heterocycles. The normalized spacial score (nSPS) is 18.5. The number of nitrogens with one attached hydrogen (secondary N) is 1. The van der Waals surface area contributed by atoms with Crippen molar-refractivity contribution in [2.45, 2.75) is 12.1 Å². The van der Waals surface area contributed by atoms with E-state index < -0.39 is 12.1 Å². The summed E-state index contributed by atoms with van der Waals surface area (Å²) in [4.78, 5) is 29.2. The molecule has 2 unspecified atom stereocenters. The zero-order valence-electron chi connectivity index (χ0n) is 14.1. The number of likely N-dealkylation sites (N-methyl/N-ethyl adjacent to an activating group) is 1. The van der Waals surface area contributed by atoms with Crippen LogP contribution in [0.2, 0.25) is 5.15 Å². The lowest BCUT2D eigenvalue weighted by Crippen LogP contribution is -2.49. The lowest BCUT2D eigenvalue weighted by molar-refractivity contribution is -0.151. The van der Waals surface area contributed by atoms with Crippen molar-refractivity contribution in [3.05, 3.63) is 58.9 Å². The van der Waals surface area contributed by atoms with Gasteiger partial charge in [0.25, 0.3) is 5.91 Å². The van der Waals surface area contributed by atoms with Crippen LogP contribution in [0.4, 0.5) is 5.69 Å². The third-order valence-electron chi connectivity index (χ3n) is 4.27. The van der Waals surface area contributed by atoms with E-state index in [-0.39, 0.29) is 30.2 Å². The molecule has 1 aromatic carbocycles. The van der Waals surface area contributed by atoms with Crippen molar-refractivity contribution in [1.29, 1.82) is 0 Å². The summed E-state index contributed by atoms with van der Waals surface area (Å²) in [6.45, 7) is 0.300. The molecule has 8 heteroatoms. The van der Waals surface area contributed by atoms with Crippen LogP contribution in [0.1, 0.15) is 22.0 Å². The first-order valence-electron chi connectivity index (χ1n) is 8.00. The highest BCUT2D eigenvalue weighted by molar-refractivity contribution is 6.29. The maximum Gasteiger partial charge on any atom is 0.255 e.